The maximum absolute atomic E-state index is 9.26. The second-order valence-corrected chi connectivity index (χ2v) is 5.38. The number of nitrogens with one attached hydrogen (secondary N) is 1. The van der Waals surface area contributed by atoms with E-state index in [0.29, 0.717) is 6.42 Å². The molecule has 0 saturated heterocycles. The molecule has 19 heavy (non-hydrogen) atoms. The molecule has 0 aliphatic carbocycles. The summed E-state index contributed by atoms with van der Waals surface area (Å²) in [5.74, 6) is 0.907. The lowest BCUT2D eigenvalue weighted by molar-refractivity contribution is 0.179. The average Bonchev–Trinajstić information content (AvgIpc) is 2.34. The van der Waals surface area contributed by atoms with Crippen LogP contribution in [-0.2, 0) is 0 Å². The summed E-state index contributed by atoms with van der Waals surface area (Å²) in [4.78, 5) is 0. The lowest BCUT2D eigenvalue weighted by atomic mass is 9.96. The highest BCUT2D eigenvalue weighted by molar-refractivity contribution is 5.36. The standard InChI is InChI=1S/C16H24N2O/c1-6-18-16(5,11-17)10-14(4)19-15-9-12(2)7-8-13(15)3/h7-9,14,18H,6,10H2,1-5H3. The third-order valence-electron chi connectivity index (χ3n) is 3.18. The Hall–Kier alpha value is -1.53. The summed E-state index contributed by atoms with van der Waals surface area (Å²) < 4.78 is 5.98. The van der Waals surface area contributed by atoms with Crippen molar-refractivity contribution in [2.24, 2.45) is 0 Å². The van der Waals surface area contributed by atoms with Gasteiger partial charge in [-0.15, -0.1) is 0 Å². The lowest BCUT2D eigenvalue weighted by Gasteiger charge is -2.27. The Morgan fingerprint density at radius 3 is 2.68 bits per heavy atom. The summed E-state index contributed by atoms with van der Waals surface area (Å²) in [6, 6.07) is 8.51. The molecule has 1 aromatic carbocycles. The average molecular weight is 260 g/mol. The van der Waals surface area contributed by atoms with Crippen molar-refractivity contribution in [3.63, 3.8) is 0 Å². The van der Waals surface area contributed by atoms with E-state index in [1.165, 1.54) is 5.56 Å². The zero-order valence-corrected chi connectivity index (χ0v) is 12.6. The Morgan fingerprint density at radius 1 is 1.42 bits per heavy atom. The highest BCUT2D eigenvalue weighted by Gasteiger charge is 2.26. The highest BCUT2D eigenvalue weighted by Crippen LogP contribution is 2.23. The minimum Gasteiger partial charge on any atom is -0.490 e. The number of hydrogen-bond acceptors (Lipinski definition) is 3. The first-order valence-electron chi connectivity index (χ1n) is 6.80. The molecule has 0 fully saturated rings. The number of nitrogens with zero attached hydrogens (tertiary/aromatic N) is 1. The van der Waals surface area contributed by atoms with Gasteiger partial charge in [0.1, 0.15) is 11.3 Å². The molecule has 0 amide bonds. The summed E-state index contributed by atoms with van der Waals surface area (Å²) in [5, 5.41) is 12.5. The number of rotatable bonds is 6. The van der Waals surface area contributed by atoms with Crippen LogP contribution in [0.25, 0.3) is 0 Å². The van der Waals surface area contributed by atoms with Gasteiger partial charge in [-0.1, -0.05) is 19.1 Å². The largest absolute Gasteiger partial charge is 0.490 e. The van der Waals surface area contributed by atoms with Crippen LogP contribution in [0.15, 0.2) is 18.2 Å². The first-order chi connectivity index (χ1) is 8.90. The van der Waals surface area contributed by atoms with Gasteiger partial charge in [-0.05, 0) is 51.4 Å². The predicted octanol–water partition coefficient (Wildman–Crippen LogP) is 3.35. The van der Waals surface area contributed by atoms with Crippen molar-refractivity contribution in [1.29, 1.82) is 5.26 Å². The van der Waals surface area contributed by atoms with Gasteiger partial charge in [0.05, 0.1) is 12.2 Å². The van der Waals surface area contributed by atoms with Crippen LogP contribution in [0.1, 0.15) is 38.3 Å². The fraction of sp³-hybridized carbons (Fsp3) is 0.562. The van der Waals surface area contributed by atoms with Crippen molar-refractivity contribution in [3.8, 4) is 11.8 Å². The topological polar surface area (TPSA) is 45.0 Å². The molecule has 3 nitrogen and oxygen atoms in total. The van der Waals surface area contributed by atoms with Crippen molar-refractivity contribution >= 4 is 0 Å². The Bertz CT molecular complexity index is 464. The third kappa shape index (κ3) is 4.57. The van der Waals surface area contributed by atoms with Gasteiger partial charge < -0.3 is 4.74 Å². The molecule has 3 heteroatoms. The van der Waals surface area contributed by atoms with E-state index in [1.54, 1.807) is 0 Å². The molecule has 0 radical (unpaired) electrons. The molecule has 0 spiro atoms. The number of ether oxygens (including phenoxy) is 1. The van der Waals surface area contributed by atoms with E-state index in [2.05, 4.69) is 30.4 Å². The van der Waals surface area contributed by atoms with Gasteiger partial charge in [-0.2, -0.15) is 5.26 Å². The number of aryl methyl sites for hydroxylation is 2. The lowest BCUT2D eigenvalue weighted by Crippen LogP contribution is -2.44. The van der Waals surface area contributed by atoms with Crippen molar-refractivity contribution < 1.29 is 4.74 Å². The van der Waals surface area contributed by atoms with Crippen LogP contribution in [0, 0.1) is 25.2 Å². The van der Waals surface area contributed by atoms with E-state index < -0.39 is 5.54 Å². The van der Waals surface area contributed by atoms with E-state index in [9.17, 15) is 5.26 Å². The van der Waals surface area contributed by atoms with Crippen LogP contribution in [0.4, 0.5) is 0 Å². The fourth-order valence-corrected chi connectivity index (χ4v) is 2.22. The molecule has 0 saturated carbocycles. The number of hydrogen-bond donors (Lipinski definition) is 1. The van der Waals surface area contributed by atoms with Gasteiger partial charge in [-0.3, -0.25) is 5.32 Å². The molecular weight excluding hydrogens is 236 g/mol. The maximum atomic E-state index is 9.26. The van der Waals surface area contributed by atoms with Crippen LogP contribution in [0.2, 0.25) is 0 Å². The monoisotopic (exact) mass is 260 g/mol. The van der Waals surface area contributed by atoms with Gasteiger partial charge in [0.15, 0.2) is 0 Å². The quantitative estimate of drug-likeness (QED) is 0.853. The SMILES string of the molecule is CCNC(C)(C#N)CC(C)Oc1cc(C)ccc1C. The molecular formula is C16H24N2O. The predicted molar refractivity (Wildman–Crippen MR) is 78.3 cm³/mol. The molecule has 1 N–H and O–H groups in total. The van der Waals surface area contributed by atoms with Gasteiger partial charge >= 0.3 is 0 Å². The van der Waals surface area contributed by atoms with Gasteiger partial charge in [0.2, 0.25) is 0 Å². The first kappa shape index (κ1) is 15.5. The molecule has 0 bridgehead atoms. The second kappa shape index (κ2) is 6.58. The molecule has 0 aliphatic heterocycles. The van der Waals surface area contributed by atoms with E-state index in [1.807, 2.05) is 33.8 Å². The summed E-state index contributed by atoms with van der Waals surface area (Å²) in [6.07, 6.45) is 0.647. The number of nitriles is 1. The Morgan fingerprint density at radius 2 is 2.11 bits per heavy atom. The van der Waals surface area contributed by atoms with E-state index in [4.69, 9.17) is 4.74 Å². The minimum absolute atomic E-state index is 0.0100. The molecule has 0 aromatic heterocycles. The second-order valence-electron chi connectivity index (χ2n) is 5.38. The van der Waals surface area contributed by atoms with Crippen molar-refractivity contribution in [2.45, 2.75) is 52.7 Å². The Labute approximate surface area is 116 Å². The van der Waals surface area contributed by atoms with Crippen molar-refractivity contribution in [1.82, 2.24) is 5.32 Å². The van der Waals surface area contributed by atoms with Crippen LogP contribution >= 0.6 is 0 Å². The maximum Gasteiger partial charge on any atom is 0.122 e. The Balaban J connectivity index is 2.72. The smallest absolute Gasteiger partial charge is 0.122 e. The van der Waals surface area contributed by atoms with E-state index in [-0.39, 0.29) is 6.10 Å². The van der Waals surface area contributed by atoms with E-state index >= 15 is 0 Å². The summed E-state index contributed by atoms with van der Waals surface area (Å²) in [5.41, 5.74) is 1.77. The van der Waals surface area contributed by atoms with Crippen molar-refractivity contribution in [3.05, 3.63) is 29.3 Å². The molecule has 104 valence electrons. The fourth-order valence-electron chi connectivity index (χ4n) is 2.22. The van der Waals surface area contributed by atoms with Crippen LogP contribution < -0.4 is 10.1 Å². The minimum atomic E-state index is -0.536. The van der Waals surface area contributed by atoms with Gasteiger partial charge in [0.25, 0.3) is 0 Å². The molecule has 2 atom stereocenters. The van der Waals surface area contributed by atoms with Crippen LogP contribution in [-0.4, -0.2) is 18.2 Å². The van der Waals surface area contributed by atoms with Crippen LogP contribution in [0.3, 0.4) is 0 Å². The molecule has 0 aliphatic rings. The normalized spacial score (nSPS) is 15.4. The molecule has 0 heterocycles. The van der Waals surface area contributed by atoms with Gasteiger partial charge in [0, 0.05) is 6.42 Å². The third-order valence-corrected chi connectivity index (χ3v) is 3.18. The molecule has 1 aromatic rings. The summed E-state index contributed by atoms with van der Waals surface area (Å²) in [7, 11) is 0. The summed E-state index contributed by atoms with van der Waals surface area (Å²) >= 11 is 0. The molecule has 2 unspecified atom stereocenters. The zero-order valence-electron chi connectivity index (χ0n) is 12.6. The highest BCUT2D eigenvalue weighted by atomic mass is 16.5. The van der Waals surface area contributed by atoms with Gasteiger partial charge in [-0.25, -0.2) is 0 Å². The van der Waals surface area contributed by atoms with Crippen molar-refractivity contribution in [2.75, 3.05) is 6.54 Å². The first-order valence-corrected chi connectivity index (χ1v) is 6.80. The van der Waals surface area contributed by atoms with Crippen LogP contribution in [0.5, 0.6) is 5.75 Å². The van der Waals surface area contributed by atoms with E-state index in [0.717, 1.165) is 17.9 Å². The zero-order chi connectivity index (χ0) is 14.5. The number of benzene rings is 1. The Kier molecular flexibility index (Phi) is 5.38. The summed E-state index contributed by atoms with van der Waals surface area (Å²) in [6.45, 7) is 10.8. The molecule has 1 rings (SSSR count).